The number of methoxy groups -OCH3 is 2. The monoisotopic (exact) mass is 389 g/mol. The van der Waals surface area contributed by atoms with Crippen LogP contribution >= 0.6 is 0 Å². The molecule has 0 unspecified atom stereocenters. The molecule has 0 aliphatic heterocycles. The number of ether oxygens (including phenoxy) is 3. The van der Waals surface area contributed by atoms with Crippen molar-refractivity contribution in [2.75, 3.05) is 19.5 Å². The highest BCUT2D eigenvalue weighted by molar-refractivity contribution is 6.05. The molecule has 0 amide bonds. The molecule has 0 saturated carbocycles. The van der Waals surface area contributed by atoms with Crippen molar-refractivity contribution in [2.24, 2.45) is 0 Å². The van der Waals surface area contributed by atoms with Crippen LogP contribution in [-0.2, 0) is 0 Å². The number of benzene rings is 3. The molecule has 0 spiro atoms. The molecule has 5 heteroatoms. The first-order valence-electron chi connectivity index (χ1n) is 9.13. The van der Waals surface area contributed by atoms with Crippen molar-refractivity contribution in [1.29, 1.82) is 0 Å². The summed E-state index contributed by atoms with van der Waals surface area (Å²) < 4.78 is 16.1. The van der Waals surface area contributed by atoms with E-state index in [1.54, 1.807) is 44.6 Å². The summed E-state index contributed by atoms with van der Waals surface area (Å²) in [4.78, 5) is 12.4. The Hall–Kier alpha value is -3.73. The van der Waals surface area contributed by atoms with E-state index in [1.807, 2.05) is 55.5 Å². The van der Waals surface area contributed by atoms with Gasteiger partial charge >= 0.3 is 0 Å². The third-order valence-electron chi connectivity index (χ3n) is 4.21. The van der Waals surface area contributed by atoms with E-state index in [9.17, 15) is 4.79 Å². The Morgan fingerprint density at radius 2 is 1.17 bits per heavy atom. The molecule has 1 N–H and O–H groups in total. The molecule has 0 radical (unpaired) electrons. The normalized spacial score (nSPS) is 10.9. The lowest BCUT2D eigenvalue weighted by atomic mass is 10.1. The topological polar surface area (TPSA) is 56.8 Å². The smallest absolute Gasteiger partial charge is 0.187 e. The highest BCUT2D eigenvalue weighted by Crippen LogP contribution is 2.25. The van der Waals surface area contributed by atoms with Crippen LogP contribution in [0.3, 0.4) is 0 Å². The number of hydrogen-bond donors (Lipinski definition) is 1. The van der Waals surface area contributed by atoms with Gasteiger partial charge < -0.3 is 19.5 Å². The van der Waals surface area contributed by atoms with Gasteiger partial charge in [0, 0.05) is 23.0 Å². The second-order valence-electron chi connectivity index (χ2n) is 6.35. The van der Waals surface area contributed by atoms with Gasteiger partial charge in [0.05, 0.1) is 14.2 Å². The van der Waals surface area contributed by atoms with E-state index < -0.39 is 0 Å². The Bertz CT molecular complexity index is 975. The molecule has 3 rings (SSSR count). The summed E-state index contributed by atoms with van der Waals surface area (Å²) >= 11 is 0. The number of carbonyl (C=O) groups is 1. The minimum absolute atomic E-state index is 0.0721. The Balaban J connectivity index is 1.60. The summed E-state index contributed by atoms with van der Waals surface area (Å²) in [6, 6.07) is 21.9. The molecule has 5 nitrogen and oxygen atoms in total. The number of nitrogens with one attached hydrogen (secondary N) is 1. The van der Waals surface area contributed by atoms with E-state index in [2.05, 4.69) is 5.32 Å². The fraction of sp³-hybridized carbons (Fsp3) is 0.125. The number of allylic oxidation sites excluding steroid dienone is 2. The molecule has 0 heterocycles. The lowest BCUT2D eigenvalue weighted by Crippen LogP contribution is -2.01. The zero-order chi connectivity index (χ0) is 20.6. The summed E-state index contributed by atoms with van der Waals surface area (Å²) in [7, 11) is 3.22. The van der Waals surface area contributed by atoms with Gasteiger partial charge in [-0.3, -0.25) is 4.79 Å². The molecule has 29 heavy (non-hydrogen) atoms. The molecule has 148 valence electrons. The van der Waals surface area contributed by atoms with Crippen molar-refractivity contribution in [2.45, 2.75) is 6.92 Å². The molecule has 0 fully saturated rings. The molecule has 3 aromatic rings. The van der Waals surface area contributed by atoms with E-state index in [-0.39, 0.29) is 5.78 Å². The van der Waals surface area contributed by atoms with Crippen LogP contribution in [0.1, 0.15) is 17.3 Å². The van der Waals surface area contributed by atoms with E-state index in [0.717, 1.165) is 34.4 Å². The van der Waals surface area contributed by atoms with Crippen LogP contribution in [0.15, 0.2) is 84.6 Å². The van der Waals surface area contributed by atoms with Crippen molar-refractivity contribution in [3.05, 3.63) is 90.1 Å². The van der Waals surface area contributed by atoms with E-state index in [0.29, 0.717) is 5.56 Å². The molecular weight excluding hydrogens is 366 g/mol. The summed E-state index contributed by atoms with van der Waals surface area (Å²) in [6.07, 6.45) is 1.57. The third-order valence-corrected chi connectivity index (χ3v) is 4.21. The number of ketones is 1. The van der Waals surface area contributed by atoms with Gasteiger partial charge in [0.2, 0.25) is 0 Å². The average molecular weight is 389 g/mol. The van der Waals surface area contributed by atoms with Crippen LogP contribution < -0.4 is 19.5 Å². The Morgan fingerprint density at radius 3 is 1.69 bits per heavy atom. The average Bonchev–Trinajstić information content (AvgIpc) is 2.75. The predicted octanol–water partition coefficient (Wildman–Crippen LogP) is 5.69. The van der Waals surface area contributed by atoms with Crippen LogP contribution in [0.5, 0.6) is 23.0 Å². The molecule has 0 aliphatic carbocycles. The van der Waals surface area contributed by atoms with Gasteiger partial charge in [-0.15, -0.1) is 0 Å². The number of rotatable bonds is 8. The van der Waals surface area contributed by atoms with Gasteiger partial charge in [-0.05, 0) is 79.7 Å². The van der Waals surface area contributed by atoms with Crippen LogP contribution in [0.2, 0.25) is 0 Å². The van der Waals surface area contributed by atoms with Crippen molar-refractivity contribution in [1.82, 2.24) is 0 Å². The molecule has 0 aromatic heterocycles. The lowest BCUT2D eigenvalue weighted by molar-refractivity contribution is 0.104. The van der Waals surface area contributed by atoms with Crippen molar-refractivity contribution in [3.8, 4) is 23.0 Å². The van der Waals surface area contributed by atoms with Gasteiger partial charge in [0.15, 0.2) is 5.78 Å². The summed E-state index contributed by atoms with van der Waals surface area (Å²) in [5, 5.41) is 3.21. The zero-order valence-electron chi connectivity index (χ0n) is 16.6. The minimum atomic E-state index is -0.0721. The summed E-state index contributed by atoms with van der Waals surface area (Å²) in [6.45, 7) is 1.85. The second-order valence-corrected chi connectivity index (χ2v) is 6.35. The molecule has 0 aliphatic rings. The highest BCUT2D eigenvalue weighted by atomic mass is 16.5. The van der Waals surface area contributed by atoms with E-state index in [1.165, 1.54) is 0 Å². The highest BCUT2D eigenvalue weighted by Gasteiger charge is 2.04. The summed E-state index contributed by atoms with van der Waals surface area (Å²) in [5.41, 5.74) is 2.22. The largest absolute Gasteiger partial charge is 0.497 e. The molecule has 0 bridgehead atoms. The number of carbonyl (C=O) groups excluding carboxylic acids is 1. The second kappa shape index (κ2) is 9.46. The predicted molar refractivity (Wildman–Crippen MR) is 114 cm³/mol. The van der Waals surface area contributed by atoms with Gasteiger partial charge in [-0.2, -0.15) is 0 Å². The first kappa shape index (κ1) is 20.0. The van der Waals surface area contributed by atoms with Gasteiger partial charge in [-0.1, -0.05) is 0 Å². The van der Waals surface area contributed by atoms with Crippen molar-refractivity contribution in [3.63, 3.8) is 0 Å². The fourth-order valence-electron chi connectivity index (χ4n) is 2.69. The first-order valence-corrected chi connectivity index (χ1v) is 9.13. The Morgan fingerprint density at radius 1 is 0.724 bits per heavy atom. The third kappa shape index (κ3) is 5.62. The van der Waals surface area contributed by atoms with Crippen LogP contribution in [-0.4, -0.2) is 20.0 Å². The number of anilines is 1. The van der Waals surface area contributed by atoms with Crippen LogP contribution in [0.25, 0.3) is 0 Å². The van der Waals surface area contributed by atoms with Crippen molar-refractivity contribution < 1.29 is 19.0 Å². The van der Waals surface area contributed by atoms with Gasteiger partial charge in [-0.25, -0.2) is 0 Å². The Kier molecular flexibility index (Phi) is 6.53. The first-order chi connectivity index (χ1) is 14.1. The lowest BCUT2D eigenvalue weighted by Gasteiger charge is -2.09. The zero-order valence-corrected chi connectivity index (χ0v) is 16.6. The maximum absolute atomic E-state index is 12.4. The van der Waals surface area contributed by atoms with Crippen molar-refractivity contribution >= 4 is 11.5 Å². The van der Waals surface area contributed by atoms with E-state index >= 15 is 0 Å². The maximum atomic E-state index is 12.4. The molecule has 3 aromatic carbocycles. The molecule has 0 atom stereocenters. The van der Waals surface area contributed by atoms with Crippen LogP contribution in [0, 0.1) is 0 Å². The number of hydrogen-bond acceptors (Lipinski definition) is 5. The molecule has 0 saturated heterocycles. The minimum Gasteiger partial charge on any atom is -0.497 e. The Labute approximate surface area is 170 Å². The van der Waals surface area contributed by atoms with E-state index in [4.69, 9.17) is 14.2 Å². The van der Waals surface area contributed by atoms with Crippen LogP contribution in [0.4, 0.5) is 5.69 Å². The maximum Gasteiger partial charge on any atom is 0.187 e. The van der Waals surface area contributed by atoms with Gasteiger partial charge in [0.25, 0.3) is 0 Å². The fourth-order valence-corrected chi connectivity index (χ4v) is 2.69. The summed E-state index contributed by atoms with van der Waals surface area (Å²) in [5.74, 6) is 2.88. The van der Waals surface area contributed by atoms with Gasteiger partial charge in [0.1, 0.15) is 23.0 Å². The quantitative estimate of drug-likeness (QED) is 0.396. The standard InChI is InChI=1S/C24H23NO4/c1-17(16-24(26)18-4-8-20(27-2)9-5-18)25-19-6-10-22(11-7-19)29-23-14-12-21(28-3)13-15-23/h4-16,25H,1-3H3/b17-16+. The SMILES string of the molecule is COc1ccc(Oc2ccc(N/C(C)=C/C(=O)c3ccc(OC)cc3)cc2)cc1. The molecular formula is C24H23NO4.